The van der Waals surface area contributed by atoms with Gasteiger partial charge in [0.05, 0.1) is 6.54 Å². The lowest BCUT2D eigenvalue weighted by atomic mass is 10.1. The molecule has 0 bridgehead atoms. The number of benzene rings is 1. The lowest BCUT2D eigenvalue weighted by Gasteiger charge is -2.35. The van der Waals surface area contributed by atoms with E-state index >= 15 is 0 Å². The highest BCUT2D eigenvalue weighted by Crippen LogP contribution is 2.11. The van der Waals surface area contributed by atoms with Crippen LogP contribution in [0.1, 0.15) is 13.8 Å². The molecule has 1 heterocycles. The van der Waals surface area contributed by atoms with Gasteiger partial charge in [0.1, 0.15) is 0 Å². The van der Waals surface area contributed by atoms with Gasteiger partial charge in [-0.2, -0.15) is 0 Å². The third-order valence-electron chi connectivity index (χ3n) is 3.67. The highest BCUT2D eigenvalue weighted by molar-refractivity contribution is 14.1. The predicted molar refractivity (Wildman–Crippen MR) is 95.6 cm³/mol. The van der Waals surface area contributed by atoms with Gasteiger partial charge in [-0.1, -0.05) is 13.8 Å². The topological polar surface area (TPSA) is 52.7 Å². The van der Waals surface area contributed by atoms with Crippen molar-refractivity contribution in [3.8, 4) is 0 Å². The minimum absolute atomic E-state index is 0.00940. The quantitative estimate of drug-likeness (QED) is 0.766. The zero-order chi connectivity index (χ0) is 16.1. The Labute approximate surface area is 145 Å². The van der Waals surface area contributed by atoms with Crippen molar-refractivity contribution in [1.82, 2.24) is 9.80 Å². The number of piperazine rings is 1. The molecule has 2 rings (SSSR count). The molecule has 1 saturated heterocycles. The third-order valence-corrected chi connectivity index (χ3v) is 4.39. The van der Waals surface area contributed by atoms with Gasteiger partial charge in [0.15, 0.2) is 0 Å². The van der Waals surface area contributed by atoms with Gasteiger partial charge in [0.2, 0.25) is 11.8 Å². The molecule has 1 N–H and O–H groups in total. The molecule has 1 aromatic carbocycles. The first-order valence-electron chi connectivity index (χ1n) is 7.52. The number of halogens is 1. The van der Waals surface area contributed by atoms with Crippen LogP contribution in [-0.2, 0) is 9.59 Å². The minimum Gasteiger partial charge on any atom is -0.340 e. The van der Waals surface area contributed by atoms with Crippen LogP contribution in [0.15, 0.2) is 24.3 Å². The molecule has 0 spiro atoms. The Balaban J connectivity index is 1.77. The molecule has 22 heavy (non-hydrogen) atoms. The fourth-order valence-corrected chi connectivity index (χ4v) is 2.79. The van der Waals surface area contributed by atoms with Crippen molar-refractivity contribution in [3.63, 3.8) is 0 Å². The van der Waals surface area contributed by atoms with Crippen molar-refractivity contribution < 1.29 is 9.59 Å². The predicted octanol–water partition coefficient (Wildman–Crippen LogP) is 2.03. The Kier molecular flexibility index (Phi) is 6.19. The van der Waals surface area contributed by atoms with Gasteiger partial charge < -0.3 is 10.2 Å². The van der Waals surface area contributed by atoms with Crippen LogP contribution in [0.3, 0.4) is 0 Å². The normalized spacial score (nSPS) is 15.9. The molecule has 0 atom stereocenters. The van der Waals surface area contributed by atoms with Gasteiger partial charge in [0, 0.05) is 41.4 Å². The van der Waals surface area contributed by atoms with Gasteiger partial charge in [-0.05, 0) is 46.9 Å². The van der Waals surface area contributed by atoms with Crippen LogP contribution in [0.4, 0.5) is 5.69 Å². The van der Waals surface area contributed by atoms with Gasteiger partial charge in [0.25, 0.3) is 0 Å². The molecule has 1 aliphatic rings. The first kappa shape index (κ1) is 17.2. The molecule has 2 amide bonds. The second-order valence-electron chi connectivity index (χ2n) is 5.81. The van der Waals surface area contributed by atoms with Crippen molar-refractivity contribution in [2.45, 2.75) is 13.8 Å². The molecule has 0 saturated carbocycles. The van der Waals surface area contributed by atoms with E-state index in [-0.39, 0.29) is 17.7 Å². The first-order chi connectivity index (χ1) is 10.5. The fourth-order valence-electron chi connectivity index (χ4n) is 2.43. The molecular weight excluding hydrogens is 393 g/mol. The summed E-state index contributed by atoms with van der Waals surface area (Å²) in [7, 11) is 0. The van der Waals surface area contributed by atoms with E-state index in [1.807, 2.05) is 43.0 Å². The minimum atomic E-state index is -0.00940. The van der Waals surface area contributed by atoms with E-state index in [0.29, 0.717) is 19.6 Å². The van der Waals surface area contributed by atoms with Crippen LogP contribution < -0.4 is 5.32 Å². The number of carbonyl (C=O) groups is 2. The summed E-state index contributed by atoms with van der Waals surface area (Å²) in [5, 5.41) is 2.90. The highest BCUT2D eigenvalue weighted by atomic mass is 127. The van der Waals surface area contributed by atoms with Gasteiger partial charge in [-0.3, -0.25) is 14.5 Å². The monoisotopic (exact) mass is 415 g/mol. The molecule has 0 aliphatic carbocycles. The molecule has 0 unspecified atom stereocenters. The standard InChI is InChI=1S/C16H22IN3O2/c1-12(2)16(22)20-9-7-19(8-10-20)11-15(21)18-14-5-3-13(17)4-6-14/h3-6,12H,7-11H2,1-2H3,(H,18,21). The van der Waals surface area contributed by atoms with E-state index in [1.165, 1.54) is 0 Å². The molecule has 1 fully saturated rings. The highest BCUT2D eigenvalue weighted by Gasteiger charge is 2.23. The SMILES string of the molecule is CC(C)C(=O)N1CCN(CC(=O)Nc2ccc(I)cc2)CC1. The maximum Gasteiger partial charge on any atom is 0.238 e. The number of nitrogens with zero attached hydrogens (tertiary/aromatic N) is 2. The van der Waals surface area contributed by atoms with Crippen LogP contribution in [0, 0.1) is 9.49 Å². The lowest BCUT2D eigenvalue weighted by molar-refractivity contribution is -0.136. The second kappa shape index (κ2) is 7.92. The largest absolute Gasteiger partial charge is 0.340 e. The molecule has 1 aliphatic heterocycles. The van der Waals surface area contributed by atoms with Crippen LogP contribution in [0.25, 0.3) is 0 Å². The van der Waals surface area contributed by atoms with Crippen molar-refractivity contribution in [3.05, 3.63) is 27.8 Å². The third kappa shape index (κ3) is 4.95. The lowest BCUT2D eigenvalue weighted by Crippen LogP contribution is -2.51. The number of amides is 2. The Morgan fingerprint density at radius 1 is 1.14 bits per heavy atom. The molecule has 5 nitrogen and oxygen atoms in total. The molecule has 0 radical (unpaired) electrons. The zero-order valence-electron chi connectivity index (χ0n) is 13.0. The van der Waals surface area contributed by atoms with Gasteiger partial charge in [-0.15, -0.1) is 0 Å². The van der Waals surface area contributed by atoms with E-state index in [1.54, 1.807) is 0 Å². The summed E-state index contributed by atoms with van der Waals surface area (Å²) in [6.07, 6.45) is 0. The maximum atomic E-state index is 12.1. The Hall–Kier alpha value is -1.15. The molecule has 1 aromatic rings. The van der Waals surface area contributed by atoms with Crippen LogP contribution in [0.2, 0.25) is 0 Å². The molecule has 6 heteroatoms. The summed E-state index contributed by atoms with van der Waals surface area (Å²) in [6, 6.07) is 7.73. The van der Waals surface area contributed by atoms with E-state index < -0.39 is 0 Å². The van der Waals surface area contributed by atoms with Crippen LogP contribution in [0.5, 0.6) is 0 Å². The summed E-state index contributed by atoms with van der Waals surface area (Å²) in [5.41, 5.74) is 0.819. The maximum absolute atomic E-state index is 12.1. The Morgan fingerprint density at radius 2 is 1.73 bits per heavy atom. The number of rotatable bonds is 4. The summed E-state index contributed by atoms with van der Waals surface area (Å²) in [4.78, 5) is 28.0. The van der Waals surface area contributed by atoms with E-state index in [0.717, 1.165) is 22.3 Å². The van der Waals surface area contributed by atoms with Crippen LogP contribution >= 0.6 is 22.6 Å². The Bertz CT molecular complexity index is 523. The first-order valence-corrected chi connectivity index (χ1v) is 8.60. The number of hydrogen-bond acceptors (Lipinski definition) is 3. The second-order valence-corrected chi connectivity index (χ2v) is 7.06. The average molecular weight is 415 g/mol. The average Bonchev–Trinajstić information content (AvgIpc) is 2.49. The van der Waals surface area contributed by atoms with Crippen LogP contribution in [-0.4, -0.2) is 54.3 Å². The molecular formula is C16H22IN3O2. The number of carbonyl (C=O) groups excluding carboxylic acids is 2. The van der Waals surface area contributed by atoms with Gasteiger partial charge >= 0.3 is 0 Å². The van der Waals surface area contributed by atoms with Crippen molar-refractivity contribution in [2.75, 3.05) is 38.0 Å². The number of hydrogen-bond donors (Lipinski definition) is 1. The van der Waals surface area contributed by atoms with E-state index in [4.69, 9.17) is 0 Å². The van der Waals surface area contributed by atoms with E-state index in [2.05, 4.69) is 32.8 Å². The molecule has 0 aromatic heterocycles. The smallest absolute Gasteiger partial charge is 0.238 e. The van der Waals surface area contributed by atoms with E-state index in [9.17, 15) is 9.59 Å². The van der Waals surface area contributed by atoms with Crippen molar-refractivity contribution in [1.29, 1.82) is 0 Å². The fraction of sp³-hybridized carbons (Fsp3) is 0.500. The number of nitrogens with one attached hydrogen (secondary N) is 1. The Morgan fingerprint density at radius 3 is 2.27 bits per heavy atom. The molecule has 120 valence electrons. The summed E-state index contributed by atoms with van der Waals surface area (Å²) in [6.45, 7) is 7.11. The van der Waals surface area contributed by atoms with Crippen molar-refractivity contribution >= 4 is 40.1 Å². The summed E-state index contributed by atoms with van der Waals surface area (Å²) >= 11 is 2.23. The number of anilines is 1. The summed E-state index contributed by atoms with van der Waals surface area (Å²) in [5.74, 6) is 0.226. The summed E-state index contributed by atoms with van der Waals surface area (Å²) < 4.78 is 1.14. The van der Waals surface area contributed by atoms with Crippen molar-refractivity contribution in [2.24, 2.45) is 5.92 Å². The zero-order valence-corrected chi connectivity index (χ0v) is 15.2. The van der Waals surface area contributed by atoms with Gasteiger partial charge in [-0.25, -0.2) is 0 Å².